The predicted octanol–water partition coefficient (Wildman–Crippen LogP) is 22.4. The first-order chi connectivity index (χ1) is 46.6. The fraction of sp³-hybridized carbons (Fsp3) is 0.896. The number of unbranched alkanes of at least 4 members (excludes halogenated alkanes) is 43. The van der Waals surface area contributed by atoms with Crippen LogP contribution in [0.4, 0.5) is 0 Å². The Morgan fingerprint density at radius 1 is 0.333 bits per heavy atom. The Kier molecular flexibility index (Phi) is 67.8. The largest absolute Gasteiger partial charge is 0.472 e. The number of ether oxygens (including phenoxy) is 4. The Hall–Kier alpha value is -2.46. The number of hydrogen-bond donors (Lipinski definition) is 3. The maximum absolute atomic E-state index is 13.1. The number of phosphoric ester groups is 2. The van der Waals surface area contributed by atoms with E-state index in [0.717, 1.165) is 109 Å². The molecule has 566 valence electrons. The summed E-state index contributed by atoms with van der Waals surface area (Å²) >= 11 is 0. The van der Waals surface area contributed by atoms with E-state index in [9.17, 15) is 43.2 Å². The molecular weight excluding hydrogens is 1260 g/mol. The summed E-state index contributed by atoms with van der Waals surface area (Å²) in [6.07, 6.45) is 61.6. The molecule has 0 aromatic carbocycles. The second-order valence-corrected chi connectivity index (χ2v) is 30.2. The van der Waals surface area contributed by atoms with E-state index in [1.807, 2.05) is 0 Å². The molecule has 3 N–H and O–H groups in total. The van der Waals surface area contributed by atoms with Crippen LogP contribution in [0.25, 0.3) is 0 Å². The molecule has 0 aliphatic heterocycles. The first kappa shape index (κ1) is 93.5. The molecule has 96 heavy (non-hydrogen) atoms. The summed E-state index contributed by atoms with van der Waals surface area (Å²) in [5.74, 6) is -1.37. The van der Waals surface area contributed by atoms with E-state index in [4.69, 9.17) is 37.0 Å². The van der Waals surface area contributed by atoms with Crippen molar-refractivity contribution >= 4 is 39.5 Å². The van der Waals surface area contributed by atoms with E-state index in [1.165, 1.54) is 193 Å². The van der Waals surface area contributed by atoms with Crippen molar-refractivity contribution in [2.24, 2.45) is 5.92 Å². The SMILES string of the molecule is CCCCCC/C=C\C=C/CCCCCCCC(=O)O[C@H](COC(=O)CCCCCCCCCCCCCCCCC)COP(=O)(O)OC[C@@H](O)COP(=O)(O)OC[C@@H](COC(=O)CCCCCCCCCCC(C)CC)OC(=O)CCCCCCCCCCCCCCCC. The lowest BCUT2D eigenvalue weighted by Crippen LogP contribution is -2.30. The minimum atomic E-state index is -4.97. The van der Waals surface area contributed by atoms with Gasteiger partial charge in [-0.1, -0.05) is 329 Å². The average molecular weight is 1410 g/mol. The lowest BCUT2D eigenvalue weighted by molar-refractivity contribution is -0.161. The summed E-state index contributed by atoms with van der Waals surface area (Å²) in [4.78, 5) is 72.9. The van der Waals surface area contributed by atoms with Gasteiger partial charge in [0.05, 0.1) is 26.4 Å². The van der Waals surface area contributed by atoms with Gasteiger partial charge >= 0.3 is 39.5 Å². The molecule has 3 unspecified atom stereocenters. The van der Waals surface area contributed by atoms with Crippen molar-refractivity contribution in [3.63, 3.8) is 0 Å². The Bertz CT molecular complexity index is 1940. The maximum atomic E-state index is 13.1. The van der Waals surface area contributed by atoms with Gasteiger partial charge < -0.3 is 33.8 Å². The van der Waals surface area contributed by atoms with Crippen molar-refractivity contribution < 1.29 is 80.2 Å². The molecule has 0 aromatic heterocycles. The van der Waals surface area contributed by atoms with Crippen molar-refractivity contribution in [1.29, 1.82) is 0 Å². The molecule has 0 spiro atoms. The van der Waals surface area contributed by atoms with Crippen LogP contribution in [-0.2, 0) is 65.4 Å². The van der Waals surface area contributed by atoms with Gasteiger partial charge in [0.25, 0.3) is 0 Å². The summed E-state index contributed by atoms with van der Waals surface area (Å²) in [5, 5.41) is 10.6. The molecule has 0 aromatic rings. The van der Waals surface area contributed by atoms with Gasteiger partial charge in [-0.2, -0.15) is 0 Å². The van der Waals surface area contributed by atoms with Crippen molar-refractivity contribution in [2.75, 3.05) is 39.6 Å². The normalized spacial score (nSPS) is 14.4. The molecule has 0 rings (SSSR count). The molecule has 0 fully saturated rings. The number of carbonyl (C=O) groups is 4. The molecule has 0 saturated carbocycles. The van der Waals surface area contributed by atoms with Crippen molar-refractivity contribution in [1.82, 2.24) is 0 Å². The molecule has 0 radical (unpaired) electrons. The highest BCUT2D eigenvalue weighted by atomic mass is 31.2. The summed E-state index contributed by atoms with van der Waals surface area (Å²) < 4.78 is 68.5. The Labute approximate surface area is 586 Å². The second kappa shape index (κ2) is 69.6. The summed E-state index contributed by atoms with van der Waals surface area (Å²) in [7, 11) is -9.93. The average Bonchev–Trinajstić information content (AvgIpc) is 1.23. The fourth-order valence-corrected chi connectivity index (χ4v) is 12.9. The first-order valence-corrected chi connectivity index (χ1v) is 42.5. The highest BCUT2D eigenvalue weighted by molar-refractivity contribution is 7.47. The highest BCUT2D eigenvalue weighted by Crippen LogP contribution is 2.45. The number of carbonyl (C=O) groups excluding carboxylic acids is 4. The lowest BCUT2D eigenvalue weighted by atomic mass is 9.99. The van der Waals surface area contributed by atoms with E-state index in [2.05, 4.69) is 58.9 Å². The quantitative estimate of drug-likeness (QED) is 0.0169. The minimum Gasteiger partial charge on any atom is -0.462 e. The van der Waals surface area contributed by atoms with Crippen molar-refractivity contribution in [2.45, 2.75) is 400 Å². The van der Waals surface area contributed by atoms with Crippen LogP contribution >= 0.6 is 15.6 Å². The van der Waals surface area contributed by atoms with Gasteiger partial charge in [0, 0.05) is 25.7 Å². The third-order valence-corrected chi connectivity index (χ3v) is 19.7. The third kappa shape index (κ3) is 68.7. The second-order valence-electron chi connectivity index (χ2n) is 27.3. The van der Waals surface area contributed by atoms with Gasteiger partial charge in [-0.05, 0) is 57.3 Å². The van der Waals surface area contributed by atoms with E-state index >= 15 is 0 Å². The summed E-state index contributed by atoms with van der Waals surface area (Å²) in [5.41, 5.74) is 0. The van der Waals surface area contributed by atoms with Gasteiger partial charge in [-0.15, -0.1) is 0 Å². The maximum Gasteiger partial charge on any atom is 0.472 e. The molecule has 0 bridgehead atoms. The molecule has 0 aliphatic carbocycles. The van der Waals surface area contributed by atoms with Gasteiger partial charge in [0.2, 0.25) is 0 Å². The first-order valence-electron chi connectivity index (χ1n) is 39.5. The van der Waals surface area contributed by atoms with Crippen LogP contribution in [0.2, 0.25) is 0 Å². The van der Waals surface area contributed by atoms with Gasteiger partial charge in [-0.25, -0.2) is 9.13 Å². The highest BCUT2D eigenvalue weighted by Gasteiger charge is 2.30. The van der Waals surface area contributed by atoms with E-state index in [0.29, 0.717) is 25.7 Å². The molecule has 0 heterocycles. The molecule has 6 atom stereocenters. The Morgan fingerprint density at radius 3 is 0.885 bits per heavy atom. The summed E-state index contributed by atoms with van der Waals surface area (Å²) in [6.45, 7) is 7.24. The molecule has 0 saturated heterocycles. The zero-order valence-electron chi connectivity index (χ0n) is 62.0. The lowest BCUT2D eigenvalue weighted by Gasteiger charge is -2.21. The third-order valence-electron chi connectivity index (χ3n) is 17.8. The zero-order chi connectivity index (χ0) is 70.5. The zero-order valence-corrected chi connectivity index (χ0v) is 63.8. The van der Waals surface area contributed by atoms with Crippen LogP contribution in [0.15, 0.2) is 24.3 Å². The van der Waals surface area contributed by atoms with Gasteiger partial charge in [-0.3, -0.25) is 37.3 Å². The standard InChI is InChI=1S/C77H146O17P2/c1-6-10-13-16-19-22-25-28-31-34-36-39-45-50-55-60-74(79)87-66-72(93-77(82)63-58-53-48-41-38-35-32-29-26-23-20-17-14-11-7-2)68-91-95(83,84)89-64-71(78)65-90-96(85,86)92-69-73(67-88-75(80)61-56-51-46-43-42-44-49-54-59-70(5)9-4)94-76(81)62-57-52-47-40-37-33-30-27-24-21-18-15-12-8-3/h23,26,29,32,70-73,78H,6-22,24-25,27-28,30-31,33-69H2,1-5H3,(H,83,84)(H,85,86)/b26-23-,32-29-/t70?,71-,72-,73-/m1/s1. The topological polar surface area (TPSA) is 237 Å². The number of aliphatic hydroxyl groups is 1. The van der Waals surface area contributed by atoms with Crippen molar-refractivity contribution in [3.05, 3.63) is 24.3 Å². The minimum absolute atomic E-state index is 0.0857. The number of aliphatic hydroxyl groups excluding tert-OH is 1. The van der Waals surface area contributed by atoms with E-state index in [1.54, 1.807) is 0 Å². The van der Waals surface area contributed by atoms with Gasteiger partial charge in [0.15, 0.2) is 12.2 Å². The van der Waals surface area contributed by atoms with Crippen LogP contribution in [0, 0.1) is 5.92 Å². The van der Waals surface area contributed by atoms with E-state index in [-0.39, 0.29) is 25.7 Å². The Balaban J connectivity index is 5.30. The fourth-order valence-electron chi connectivity index (χ4n) is 11.3. The summed E-state index contributed by atoms with van der Waals surface area (Å²) in [6, 6.07) is 0. The number of hydrogen-bond acceptors (Lipinski definition) is 15. The predicted molar refractivity (Wildman–Crippen MR) is 391 cm³/mol. The van der Waals surface area contributed by atoms with Crippen molar-refractivity contribution in [3.8, 4) is 0 Å². The monoisotopic (exact) mass is 1410 g/mol. The smallest absolute Gasteiger partial charge is 0.462 e. The van der Waals surface area contributed by atoms with Crippen LogP contribution < -0.4 is 0 Å². The van der Waals surface area contributed by atoms with E-state index < -0.39 is 97.5 Å². The number of allylic oxidation sites excluding steroid dienone is 4. The number of esters is 4. The molecule has 19 heteroatoms. The van der Waals surface area contributed by atoms with Crippen LogP contribution in [0.3, 0.4) is 0 Å². The number of rotatable bonds is 75. The van der Waals surface area contributed by atoms with Gasteiger partial charge in [0.1, 0.15) is 19.3 Å². The molecular formula is C77H146O17P2. The number of phosphoric acid groups is 2. The molecule has 0 amide bonds. The molecule has 17 nitrogen and oxygen atoms in total. The van der Waals surface area contributed by atoms with Crippen LogP contribution in [0.1, 0.15) is 381 Å². The molecule has 0 aliphatic rings. The van der Waals surface area contributed by atoms with Crippen LogP contribution in [-0.4, -0.2) is 96.7 Å². The van der Waals surface area contributed by atoms with Crippen LogP contribution in [0.5, 0.6) is 0 Å². The Morgan fingerprint density at radius 2 is 0.583 bits per heavy atom.